The highest BCUT2D eigenvalue weighted by molar-refractivity contribution is 5.20. The van der Waals surface area contributed by atoms with Gasteiger partial charge < -0.3 is 10.2 Å². The minimum absolute atomic E-state index is 1.19. The highest BCUT2D eigenvalue weighted by Crippen LogP contribution is 2.13. The Kier molecular flexibility index (Phi) is 2.70. The normalized spacial score (nSPS) is 22.2. The summed E-state index contributed by atoms with van der Waals surface area (Å²) in [6, 6.07) is 0. The maximum atomic E-state index is 3.30. The molecule has 0 unspecified atom stereocenters. The second-order valence-corrected chi connectivity index (χ2v) is 3.49. The Morgan fingerprint density at radius 1 is 1.00 bits per heavy atom. The molecular weight excluding hydrogens is 160 g/mol. The molecule has 0 radical (unpaired) electrons. The Labute approximate surface area is 79.6 Å². The summed E-state index contributed by atoms with van der Waals surface area (Å²) in [5.41, 5.74) is 0. The van der Waals surface area contributed by atoms with Gasteiger partial charge in [0.15, 0.2) is 0 Å². The van der Waals surface area contributed by atoms with E-state index in [1.807, 2.05) is 18.4 Å². The third-order valence-corrected chi connectivity index (χ3v) is 2.50. The molecule has 13 heavy (non-hydrogen) atoms. The Balaban J connectivity index is 2.01. The average Bonchev–Trinajstić information content (AvgIpc) is 2.47. The molecule has 70 valence electrons. The number of nitrogens with zero attached hydrogens (tertiary/aromatic N) is 1. The van der Waals surface area contributed by atoms with Crippen molar-refractivity contribution in [1.82, 2.24) is 10.2 Å². The van der Waals surface area contributed by atoms with E-state index in [2.05, 4.69) is 22.4 Å². The first-order valence-corrected chi connectivity index (χ1v) is 5.02. The SMILES string of the molecule is C1=CC=C(N2CCCCC2)NC=C1. The Morgan fingerprint density at radius 3 is 2.69 bits per heavy atom. The van der Waals surface area contributed by atoms with Crippen LogP contribution in [0.1, 0.15) is 19.3 Å². The van der Waals surface area contributed by atoms with Crippen LogP contribution in [0, 0.1) is 0 Å². The summed E-state index contributed by atoms with van der Waals surface area (Å²) in [6.07, 6.45) is 14.3. The smallest absolute Gasteiger partial charge is 0.105 e. The van der Waals surface area contributed by atoms with E-state index < -0.39 is 0 Å². The van der Waals surface area contributed by atoms with Crippen molar-refractivity contribution in [3.05, 3.63) is 36.3 Å². The van der Waals surface area contributed by atoms with Gasteiger partial charge in [-0.3, -0.25) is 0 Å². The molecule has 2 aliphatic heterocycles. The molecule has 2 heteroatoms. The van der Waals surface area contributed by atoms with E-state index in [1.54, 1.807) is 0 Å². The van der Waals surface area contributed by atoms with Gasteiger partial charge in [0.05, 0.1) is 0 Å². The van der Waals surface area contributed by atoms with Gasteiger partial charge in [0.2, 0.25) is 0 Å². The van der Waals surface area contributed by atoms with Crippen molar-refractivity contribution in [3.8, 4) is 0 Å². The monoisotopic (exact) mass is 176 g/mol. The Hall–Kier alpha value is -1.18. The van der Waals surface area contributed by atoms with Crippen LogP contribution in [0.4, 0.5) is 0 Å². The van der Waals surface area contributed by atoms with Gasteiger partial charge in [-0.05, 0) is 31.4 Å². The lowest BCUT2D eigenvalue weighted by atomic mass is 10.1. The highest BCUT2D eigenvalue weighted by atomic mass is 15.2. The lowest BCUT2D eigenvalue weighted by molar-refractivity contribution is 0.274. The highest BCUT2D eigenvalue weighted by Gasteiger charge is 2.11. The van der Waals surface area contributed by atoms with Crippen molar-refractivity contribution in [2.75, 3.05) is 13.1 Å². The zero-order valence-electron chi connectivity index (χ0n) is 7.87. The van der Waals surface area contributed by atoms with Gasteiger partial charge in [-0.2, -0.15) is 0 Å². The van der Waals surface area contributed by atoms with Crippen LogP contribution in [0.5, 0.6) is 0 Å². The number of hydrogen-bond donors (Lipinski definition) is 1. The van der Waals surface area contributed by atoms with Crippen molar-refractivity contribution < 1.29 is 0 Å². The van der Waals surface area contributed by atoms with E-state index in [0.717, 1.165) is 0 Å². The van der Waals surface area contributed by atoms with Gasteiger partial charge in [0.1, 0.15) is 5.82 Å². The van der Waals surface area contributed by atoms with Crippen molar-refractivity contribution in [1.29, 1.82) is 0 Å². The van der Waals surface area contributed by atoms with E-state index in [4.69, 9.17) is 0 Å². The lowest BCUT2D eigenvalue weighted by Gasteiger charge is -2.30. The van der Waals surface area contributed by atoms with Gasteiger partial charge in [-0.1, -0.05) is 12.2 Å². The fourth-order valence-electron chi connectivity index (χ4n) is 1.78. The fraction of sp³-hybridized carbons (Fsp3) is 0.455. The lowest BCUT2D eigenvalue weighted by Crippen LogP contribution is -2.33. The maximum Gasteiger partial charge on any atom is 0.105 e. The fourth-order valence-corrected chi connectivity index (χ4v) is 1.78. The molecule has 1 N–H and O–H groups in total. The number of allylic oxidation sites excluding steroid dienone is 4. The quantitative estimate of drug-likeness (QED) is 0.657. The molecule has 2 aliphatic rings. The minimum atomic E-state index is 1.19. The van der Waals surface area contributed by atoms with Crippen molar-refractivity contribution in [2.24, 2.45) is 0 Å². The molecule has 0 aromatic heterocycles. The number of likely N-dealkylation sites (tertiary alicyclic amines) is 1. The Bertz CT molecular complexity index is 245. The third kappa shape index (κ3) is 2.14. The van der Waals surface area contributed by atoms with Crippen molar-refractivity contribution >= 4 is 0 Å². The standard InChI is InChI=1S/C11H16N2/c1-3-7-11(12-8-4-1)13-9-5-2-6-10-13/h1,3-4,7-8,12H,2,5-6,9-10H2. The molecule has 0 amide bonds. The first-order chi connectivity index (χ1) is 6.47. The van der Waals surface area contributed by atoms with Crippen LogP contribution in [-0.2, 0) is 0 Å². The summed E-state index contributed by atoms with van der Waals surface area (Å²) in [5.74, 6) is 1.24. The van der Waals surface area contributed by atoms with Crippen LogP contribution in [0.3, 0.4) is 0 Å². The molecule has 0 aromatic rings. The van der Waals surface area contributed by atoms with Crippen molar-refractivity contribution in [2.45, 2.75) is 19.3 Å². The summed E-state index contributed by atoms with van der Waals surface area (Å²) in [4.78, 5) is 2.42. The average molecular weight is 176 g/mol. The van der Waals surface area contributed by atoms with Crippen LogP contribution >= 0.6 is 0 Å². The molecule has 1 fully saturated rings. The molecule has 0 bridgehead atoms. The number of rotatable bonds is 1. The molecule has 2 heterocycles. The molecule has 0 atom stereocenters. The van der Waals surface area contributed by atoms with Gasteiger partial charge in [0.25, 0.3) is 0 Å². The molecule has 1 saturated heterocycles. The van der Waals surface area contributed by atoms with Crippen LogP contribution in [0.2, 0.25) is 0 Å². The summed E-state index contributed by atoms with van der Waals surface area (Å²) >= 11 is 0. The zero-order valence-corrected chi connectivity index (χ0v) is 7.87. The zero-order chi connectivity index (χ0) is 8.93. The van der Waals surface area contributed by atoms with Crippen LogP contribution in [0.15, 0.2) is 36.3 Å². The Morgan fingerprint density at radius 2 is 1.85 bits per heavy atom. The predicted octanol–water partition coefficient (Wildman–Crippen LogP) is 1.99. The van der Waals surface area contributed by atoms with E-state index in [0.29, 0.717) is 0 Å². The molecule has 2 nitrogen and oxygen atoms in total. The molecule has 2 rings (SSSR count). The molecule has 0 saturated carbocycles. The van der Waals surface area contributed by atoms with Gasteiger partial charge >= 0.3 is 0 Å². The summed E-state index contributed by atoms with van der Waals surface area (Å²) in [7, 11) is 0. The largest absolute Gasteiger partial charge is 0.358 e. The molecular formula is C11H16N2. The summed E-state index contributed by atoms with van der Waals surface area (Å²) in [6.45, 7) is 2.39. The second kappa shape index (κ2) is 4.17. The van der Waals surface area contributed by atoms with E-state index >= 15 is 0 Å². The number of piperidine rings is 1. The van der Waals surface area contributed by atoms with Crippen molar-refractivity contribution in [3.63, 3.8) is 0 Å². The third-order valence-electron chi connectivity index (χ3n) is 2.50. The van der Waals surface area contributed by atoms with Gasteiger partial charge in [-0.25, -0.2) is 0 Å². The van der Waals surface area contributed by atoms with Gasteiger partial charge in [-0.15, -0.1) is 0 Å². The van der Waals surface area contributed by atoms with Crippen LogP contribution in [-0.4, -0.2) is 18.0 Å². The topological polar surface area (TPSA) is 15.3 Å². The first-order valence-electron chi connectivity index (χ1n) is 5.02. The number of nitrogens with one attached hydrogen (secondary N) is 1. The van der Waals surface area contributed by atoms with Gasteiger partial charge in [0, 0.05) is 19.3 Å². The van der Waals surface area contributed by atoms with E-state index in [1.165, 1.54) is 38.2 Å². The van der Waals surface area contributed by atoms with E-state index in [-0.39, 0.29) is 0 Å². The molecule has 0 spiro atoms. The predicted molar refractivity (Wildman–Crippen MR) is 54.9 cm³/mol. The summed E-state index contributed by atoms with van der Waals surface area (Å²) in [5, 5.41) is 3.30. The maximum absolute atomic E-state index is 3.30. The summed E-state index contributed by atoms with van der Waals surface area (Å²) < 4.78 is 0. The van der Waals surface area contributed by atoms with E-state index in [9.17, 15) is 0 Å². The minimum Gasteiger partial charge on any atom is -0.358 e. The second-order valence-electron chi connectivity index (χ2n) is 3.49. The molecule has 0 aromatic carbocycles. The first kappa shape index (κ1) is 8.42. The van der Waals surface area contributed by atoms with Crippen LogP contribution in [0.25, 0.3) is 0 Å². The molecule has 0 aliphatic carbocycles. The van der Waals surface area contributed by atoms with Crippen LogP contribution < -0.4 is 5.32 Å². The number of hydrogen-bond acceptors (Lipinski definition) is 2.